The van der Waals surface area contributed by atoms with E-state index in [0.29, 0.717) is 0 Å². The molecule has 0 atom stereocenters. The Morgan fingerprint density at radius 3 is 2.57 bits per heavy atom. The van der Waals surface area contributed by atoms with E-state index in [2.05, 4.69) is 31.5 Å². The minimum absolute atomic E-state index is 0.842. The van der Waals surface area contributed by atoms with E-state index in [0.717, 1.165) is 23.7 Å². The van der Waals surface area contributed by atoms with Crippen LogP contribution in [0.3, 0.4) is 0 Å². The van der Waals surface area contributed by atoms with Gasteiger partial charge in [-0.1, -0.05) is 0 Å². The number of anilines is 2. The monoisotopic (exact) mass is 210 g/mol. The zero-order valence-electron chi connectivity index (χ0n) is 9.05. The molecule has 1 aromatic carbocycles. The highest BCUT2D eigenvalue weighted by Gasteiger charge is 2.01. The first kappa shape index (κ1) is 11.2. The molecule has 0 spiro atoms. The van der Waals surface area contributed by atoms with Crippen LogP contribution >= 0.6 is 11.8 Å². The van der Waals surface area contributed by atoms with Gasteiger partial charge in [0, 0.05) is 12.3 Å². The van der Waals surface area contributed by atoms with Gasteiger partial charge in [-0.2, -0.15) is 11.8 Å². The van der Waals surface area contributed by atoms with Crippen molar-refractivity contribution in [3.8, 4) is 0 Å². The Morgan fingerprint density at radius 2 is 1.93 bits per heavy atom. The molecule has 1 rings (SSSR count). The fourth-order valence-electron chi connectivity index (χ4n) is 1.28. The summed E-state index contributed by atoms with van der Waals surface area (Å²) in [5.41, 5.74) is 10.3. The molecule has 0 aliphatic heterocycles. The van der Waals surface area contributed by atoms with E-state index in [1.807, 2.05) is 17.8 Å². The van der Waals surface area contributed by atoms with E-state index in [-0.39, 0.29) is 0 Å². The topological polar surface area (TPSA) is 38.0 Å². The fraction of sp³-hybridized carbons (Fsp3) is 0.455. The molecule has 78 valence electrons. The summed E-state index contributed by atoms with van der Waals surface area (Å²) in [7, 11) is 0. The maximum Gasteiger partial charge on any atom is 0.0577 e. The van der Waals surface area contributed by atoms with Crippen LogP contribution in [-0.2, 0) is 0 Å². The predicted octanol–water partition coefficient (Wildman–Crippen LogP) is 2.66. The molecule has 3 N–H and O–H groups in total. The minimum Gasteiger partial charge on any atom is -0.397 e. The zero-order chi connectivity index (χ0) is 10.6. The normalized spacial score (nSPS) is 10.2. The maximum absolute atomic E-state index is 5.90. The lowest BCUT2D eigenvalue weighted by Crippen LogP contribution is -2.06. The first-order valence-electron chi connectivity index (χ1n) is 4.74. The van der Waals surface area contributed by atoms with Crippen LogP contribution in [0.25, 0.3) is 0 Å². The molecule has 0 unspecified atom stereocenters. The highest BCUT2D eigenvalue weighted by molar-refractivity contribution is 7.98. The van der Waals surface area contributed by atoms with Crippen molar-refractivity contribution in [1.29, 1.82) is 0 Å². The molecule has 0 saturated heterocycles. The van der Waals surface area contributed by atoms with E-state index < -0.39 is 0 Å². The van der Waals surface area contributed by atoms with Crippen molar-refractivity contribution < 1.29 is 0 Å². The largest absolute Gasteiger partial charge is 0.397 e. The van der Waals surface area contributed by atoms with Crippen molar-refractivity contribution in [2.75, 3.05) is 29.6 Å². The van der Waals surface area contributed by atoms with Crippen molar-refractivity contribution in [3.63, 3.8) is 0 Å². The molecule has 0 heterocycles. The van der Waals surface area contributed by atoms with Gasteiger partial charge in [0.1, 0.15) is 0 Å². The molecule has 3 heteroatoms. The van der Waals surface area contributed by atoms with Crippen LogP contribution in [-0.4, -0.2) is 18.6 Å². The lowest BCUT2D eigenvalue weighted by molar-refractivity contribution is 1.22. The van der Waals surface area contributed by atoms with Crippen molar-refractivity contribution in [1.82, 2.24) is 0 Å². The molecule has 0 aliphatic carbocycles. The number of benzene rings is 1. The third-order valence-electron chi connectivity index (χ3n) is 2.29. The molecule has 2 nitrogen and oxygen atoms in total. The Morgan fingerprint density at radius 1 is 1.29 bits per heavy atom. The van der Waals surface area contributed by atoms with Gasteiger partial charge in [0.2, 0.25) is 0 Å². The Kier molecular flexibility index (Phi) is 4.14. The third kappa shape index (κ3) is 2.84. The Balaban J connectivity index is 2.72. The third-order valence-corrected chi connectivity index (χ3v) is 2.90. The van der Waals surface area contributed by atoms with Crippen LogP contribution in [0.4, 0.5) is 11.4 Å². The summed E-state index contributed by atoms with van der Waals surface area (Å²) in [5, 5.41) is 3.34. The number of hydrogen-bond acceptors (Lipinski definition) is 3. The predicted molar refractivity (Wildman–Crippen MR) is 67.2 cm³/mol. The number of hydrogen-bond donors (Lipinski definition) is 2. The molecular formula is C11H18N2S. The standard InChI is InChI=1S/C11H18N2S/c1-8-6-10(12)11(7-9(8)2)13-4-5-14-3/h6-7,13H,4-5,12H2,1-3H3. The molecular weight excluding hydrogens is 192 g/mol. The minimum atomic E-state index is 0.842. The van der Waals surface area contributed by atoms with Gasteiger partial charge in [-0.15, -0.1) is 0 Å². The number of nitrogen functional groups attached to an aromatic ring is 1. The van der Waals surface area contributed by atoms with Crippen molar-refractivity contribution >= 4 is 23.1 Å². The van der Waals surface area contributed by atoms with E-state index in [1.165, 1.54) is 11.1 Å². The second-order valence-corrected chi connectivity index (χ2v) is 4.43. The van der Waals surface area contributed by atoms with Crippen LogP contribution < -0.4 is 11.1 Å². The quantitative estimate of drug-likeness (QED) is 0.592. The van der Waals surface area contributed by atoms with Crippen LogP contribution in [0, 0.1) is 13.8 Å². The maximum atomic E-state index is 5.90. The van der Waals surface area contributed by atoms with Crippen LogP contribution in [0.15, 0.2) is 12.1 Å². The van der Waals surface area contributed by atoms with Gasteiger partial charge in [0.15, 0.2) is 0 Å². The molecule has 14 heavy (non-hydrogen) atoms. The molecule has 0 aliphatic rings. The first-order valence-corrected chi connectivity index (χ1v) is 6.14. The van der Waals surface area contributed by atoms with Crippen LogP contribution in [0.2, 0.25) is 0 Å². The van der Waals surface area contributed by atoms with Gasteiger partial charge in [0.25, 0.3) is 0 Å². The molecule has 1 aromatic rings. The van der Waals surface area contributed by atoms with E-state index in [1.54, 1.807) is 0 Å². The summed E-state index contributed by atoms with van der Waals surface area (Å²) >= 11 is 1.83. The Labute approximate surface area is 90.3 Å². The van der Waals surface area contributed by atoms with Gasteiger partial charge in [-0.25, -0.2) is 0 Å². The number of thioether (sulfide) groups is 1. The Bertz CT molecular complexity index is 310. The molecule has 0 amide bonds. The molecule has 0 saturated carbocycles. The van der Waals surface area contributed by atoms with Gasteiger partial charge in [0.05, 0.1) is 11.4 Å². The summed E-state index contributed by atoms with van der Waals surface area (Å²) in [6.07, 6.45) is 2.10. The van der Waals surface area contributed by atoms with E-state index in [9.17, 15) is 0 Å². The molecule has 0 radical (unpaired) electrons. The van der Waals surface area contributed by atoms with Crippen molar-refractivity contribution in [3.05, 3.63) is 23.3 Å². The highest BCUT2D eigenvalue weighted by atomic mass is 32.2. The SMILES string of the molecule is CSCCNc1cc(C)c(C)cc1N. The molecule has 0 aromatic heterocycles. The highest BCUT2D eigenvalue weighted by Crippen LogP contribution is 2.22. The fourth-order valence-corrected chi connectivity index (χ4v) is 1.59. The average molecular weight is 210 g/mol. The first-order chi connectivity index (χ1) is 6.65. The molecule has 0 bridgehead atoms. The second-order valence-electron chi connectivity index (χ2n) is 3.44. The number of rotatable bonds is 4. The van der Waals surface area contributed by atoms with Gasteiger partial charge in [-0.3, -0.25) is 0 Å². The summed E-state index contributed by atoms with van der Waals surface area (Å²) in [6.45, 7) is 5.15. The van der Waals surface area contributed by atoms with Crippen molar-refractivity contribution in [2.24, 2.45) is 0 Å². The van der Waals surface area contributed by atoms with Crippen LogP contribution in [0.5, 0.6) is 0 Å². The van der Waals surface area contributed by atoms with Gasteiger partial charge < -0.3 is 11.1 Å². The lowest BCUT2D eigenvalue weighted by Gasteiger charge is -2.11. The zero-order valence-corrected chi connectivity index (χ0v) is 9.87. The number of nitrogens with two attached hydrogens (primary N) is 1. The van der Waals surface area contributed by atoms with Crippen LogP contribution in [0.1, 0.15) is 11.1 Å². The van der Waals surface area contributed by atoms with E-state index in [4.69, 9.17) is 5.73 Å². The van der Waals surface area contributed by atoms with Crippen molar-refractivity contribution in [2.45, 2.75) is 13.8 Å². The van der Waals surface area contributed by atoms with Gasteiger partial charge >= 0.3 is 0 Å². The summed E-state index contributed by atoms with van der Waals surface area (Å²) in [4.78, 5) is 0. The van der Waals surface area contributed by atoms with E-state index >= 15 is 0 Å². The summed E-state index contributed by atoms with van der Waals surface area (Å²) in [5.74, 6) is 1.10. The average Bonchev–Trinajstić information content (AvgIpc) is 2.14. The second kappa shape index (κ2) is 5.15. The Hall–Kier alpha value is -0.830. The number of nitrogens with one attached hydrogen (secondary N) is 1. The molecule has 0 fully saturated rings. The smallest absolute Gasteiger partial charge is 0.0577 e. The lowest BCUT2D eigenvalue weighted by atomic mass is 10.1. The number of aryl methyl sites for hydroxylation is 2. The van der Waals surface area contributed by atoms with Gasteiger partial charge in [-0.05, 0) is 43.4 Å². The summed E-state index contributed by atoms with van der Waals surface area (Å²) in [6, 6.07) is 4.14. The summed E-state index contributed by atoms with van der Waals surface area (Å²) < 4.78 is 0.